The zero-order valence-corrected chi connectivity index (χ0v) is 13.0. The molecule has 1 aromatic carbocycles. The first-order valence-corrected chi connectivity index (χ1v) is 7.64. The van der Waals surface area contributed by atoms with Gasteiger partial charge in [0.2, 0.25) is 0 Å². The van der Waals surface area contributed by atoms with Crippen molar-refractivity contribution in [3.05, 3.63) is 24.3 Å². The van der Waals surface area contributed by atoms with Gasteiger partial charge in [-0.3, -0.25) is 4.90 Å². The lowest BCUT2D eigenvalue weighted by Gasteiger charge is -2.29. The molecule has 0 amide bonds. The molecule has 1 aromatic rings. The van der Waals surface area contributed by atoms with Gasteiger partial charge in [-0.25, -0.2) is 0 Å². The maximum absolute atomic E-state index is 10.2. The van der Waals surface area contributed by atoms with Gasteiger partial charge in [0, 0.05) is 19.1 Å². The van der Waals surface area contributed by atoms with E-state index >= 15 is 0 Å². The summed E-state index contributed by atoms with van der Waals surface area (Å²) in [7, 11) is 2.15. The summed E-state index contributed by atoms with van der Waals surface area (Å²) in [4.78, 5) is 4.68. The second kappa shape index (κ2) is 7.64. The first kappa shape index (κ1) is 16.1. The lowest BCUT2D eigenvalue weighted by molar-refractivity contribution is 0.0560. The maximum atomic E-state index is 10.2. The number of rotatable bonds is 5. The number of hydrogen-bond acceptors (Lipinski definition) is 5. The molecule has 1 aliphatic rings. The fraction of sp³-hybridized carbons (Fsp3) is 0.625. The zero-order chi connectivity index (χ0) is 15.2. The van der Waals surface area contributed by atoms with E-state index in [2.05, 4.69) is 23.8 Å². The highest BCUT2D eigenvalue weighted by Gasteiger charge is 2.22. The molecule has 0 aliphatic carbocycles. The largest absolute Gasteiger partial charge is 0.489 e. The van der Waals surface area contributed by atoms with Crippen LogP contribution in [-0.4, -0.2) is 66.9 Å². The quantitative estimate of drug-likeness (QED) is 0.794. The van der Waals surface area contributed by atoms with Crippen molar-refractivity contribution in [3.63, 3.8) is 0 Å². The number of aliphatic hydroxyl groups excluding tert-OH is 1. The summed E-state index contributed by atoms with van der Waals surface area (Å²) in [5.74, 6) is 0.639. The molecule has 0 bridgehead atoms. The maximum Gasteiger partial charge on any atom is 0.142 e. The number of benzene rings is 1. The van der Waals surface area contributed by atoms with E-state index in [0.717, 1.165) is 26.1 Å². The molecule has 3 N–H and O–H groups in total. The number of nitrogens with two attached hydrogens (primary N) is 1. The number of nitrogens with zero attached hydrogens (tertiary/aromatic N) is 2. The Balaban J connectivity index is 1.81. The molecule has 0 spiro atoms. The minimum atomic E-state index is -0.504. The summed E-state index contributed by atoms with van der Waals surface area (Å²) in [6.07, 6.45) is 0.635. The van der Waals surface area contributed by atoms with Gasteiger partial charge < -0.3 is 20.5 Å². The second-order valence-electron chi connectivity index (χ2n) is 5.96. The number of likely N-dealkylation sites (N-methyl/N-ethyl adjacent to an activating group) is 1. The standard InChI is InChI=1S/C16H27N3O2/c1-13-10-18(2)8-5-9-19(13)11-14(20)12-21-16-7-4-3-6-15(16)17/h3-4,6-7,13-14,20H,5,8-12,17H2,1-2H3. The molecule has 2 atom stereocenters. The molecule has 2 rings (SSSR count). The van der Waals surface area contributed by atoms with Crippen molar-refractivity contribution < 1.29 is 9.84 Å². The van der Waals surface area contributed by atoms with Crippen molar-refractivity contribution in [2.45, 2.75) is 25.5 Å². The van der Waals surface area contributed by atoms with Crippen LogP contribution in [0.15, 0.2) is 24.3 Å². The number of hydrogen-bond donors (Lipinski definition) is 2. The van der Waals surface area contributed by atoms with E-state index < -0.39 is 6.10 Å². The molecule has 5 nitrogen and oxygen atoms in total. The average Bonchev–Trinajstić information content (AvgIpc) is 2.59. The molecule has 21 heavy (non-hydrogen) atoms. The molecular weight excluding hydrogens is 266 g/mol. The van der Waals surface area contributed by atoms with E-state index in [9.17, 15) is 5.11 Å². The van der Waals surface area contributed by atoms with Crippen molar-refractivity contribution >= 4 is 5.69 Å². The van der Waals surface area contributed by atoms with E-state index in [1.807, 2.05) is 18.2 Å². The van der Waals surface area contributed by atoms with Crippen LogP contribution in [0.1, 0.15) is 13.3 Å². The summed E-state index contributed by atoms with van der Waals surface area (Å²) < 4.78 is 5.62. The molecule has 118 valence electrons. The van der Waals surface area contributed by atoms with Crippen molar-refractivity contribution in [1.29, 1.82) is 0 Å². The lowest BCUT2D eigenvalue weighted by Crippen LogP contribution is -2.43. The molecule has 0 radical (unpaired) electrons. The number of β-amino-alcohol motifs (C(OH)–C–C–N with tert-alkyl or cyclic N) is 1. The normalized spacial score (nSPS) is 22.7. The number of aliphatic hydroxyl groups is 1. The van der Waals surface area contributed by atoms with Gasteiger partial charge in [0.25, 0.3) is 0 Å². The van der Waals surface area contributed by atoms with Crippen molar-refractivity contribution in [1.82, 2.24) is 9.80 Å². The zero-order valence-electron chi connectivity index (χ0n) is 13.0. The van der Waals surface area contributed by atoms with Gasteiger partial charge in [0.05, 0.1) is 5.69 Å². The van der Waals surface area contributed by atoms with Crippen molar-refractivity contribution in [3.8, 4) is 5.75 Å². The van der Waals surface area contributed by atoms with Gasteiger partial charge in [-0.15, -0.1) is 0 Å². The van der Waals surface area contributed by atoms with E-state index in [4.69, 9.17) is 10.5 Å². The van der Waals surface area contributed by atoms with Crippen LogP contribution in [0, 0.1) is 0 Å². The van der Waals surface area contributed by atoms with Crippen molar-refractivity contribution in [2.75, 3.05) is 45.6 Å². The lowest BCUT2D eigenvalue weighted by atomic mass is 10.2. The van der Waals surface area contributed by atoms with Crippen LogP contribution in [-0.2, 0) is 0 Å². The van der Waals surface area contributed by atoms with Gasteiger partial charge in [-0.2, -0.15) is 0 Å². The first-order valence-electron chi connectivity index (χ1n) is 7.64. The number of para-hydroxylation sites is 2. The average molecular weight is 293 g/mol. The molecule has 5 heteroatoms. The Morgan fingerprint density at radius 1 is 1.38 bits per heavy atom. The summed E-state index contributed by atoms with van der Waals surface area (Å²) >= 11 is 0. The summed E-state index contributed by atoms with van der Waals surface area (Å²) in [6.45, 7) is 6.31. The van der Waals surface area contributed by atoms with Crippen LogP contribution >= 0.6 is 0 Å². The summed E-state index contributed by atoms with van der Waals surface area (Å²) in [6, 6.07) is 7.83. The van der Waals surface area contributed by atoms with Crippen LogP contribution in [0.2, 0.25) is 0 Å². The Morgan fingerprint density at radius 2 is 2.14 bits per heavy atom. The molecule has 0 aromatic heterocycles. The minimum Gasteiger partial charge on any atom is -0.489 e. The molecular formula is C16H27N3O2. The Bertz CT molecular complexity index is 441. The second-order valence-corrected chi connectivity index (χ2v) is 5.96. The van der Waals surface area contributed by atoms with Crippen LogP contribution in [0.25, 0.3) is 0 Å². The van der Waals surface area contributed by atoms with E-state index in [0.29, 0.717) is 24.0 Å². The van der Waals surface area contributed by atoms with Gasteiger partial charge >= 0.3 is 0 Å². The Hall–Kier alpha value is -1.30. The highest BCUT2D eigenvalue weighted by molar-refractivity contribution is 5.51. The summed E-state index contributed by atoms with van der Waals surface area (Å²) in [5.41, 5.74) is 6.43. The van der Waals surface area contributed by atoms with Gasteiger partial charge in [-0.05, 0) is 45.6 Å². The number of ether oxygens (including phenoxy) is 1. The first-order chi connectivity index (χ1) is 10.1. The monoisotopic (exact) mass is 293 g/mol. The van der Waals surface area contributed by atoms with E-state index in [1.54, 1.807) is 6.07 Å². The Morgan fingerprint density at radius 3 is 2.90 bits per heavy atom. The van der Waals surface area contributed by atoms with Gasteiger partial charge in [0.15, 0.2) is 0 Å². The molecule has 1 aliphatic heterocycles. The van der Waals surface area contributed by atoms with Crippen LogP contribution in [0.5, 0.6) is 5.75 Å². The minimum absolute atomic E-state index is 0.271. The molecule has 1 saturated heterocycles. The third kappa shape index (κ3) is 4.88. The number of anilines is 1. The smallest absolute Gasteiger partial charge is 0.142 e. The highest BCUT2D eigenvalue weighted by atomic mass is 16.5. The van der Waals surface area contributed by atoms with E-state index in [1.165, 1.54) is 0 Å². The predicted molar refractivity (Wildman–Crippen MR) is 85.5 cm³/mol. The molecule has 1 heterocycles. The fourth-order valence-corrected chi connectivity index (χ4v) is 2.81. The third-order valence-corrected chi connectivity index (χ3v) is 3.98. The Labute approximate surface area is 127 Å². The van der Waals surface area contributed by atoms with Crippen molar-refractivity contribution in [2.24, 2.45) is 0 Å². The highest BCUT2D eigenvalue weighted by Crippen LogP contribution is 2.20. The van der Waals surface area contributed by atoms with Gasteiger partial charge in [-0.1, -0.05) is 12.1 Å². The van der Waals surface area contributed by atoms with Crippen LogP contribution < -0.4 is 10.5 Å². The SMILES string of the molecule is CC1CN(C)CCCN1CC(O)COc1ccccc1N. The molecule has 2 unspecified atom stereocenters. The third-order valence-electron chi connectivity index (χ3n) is 3.98. The predicted octanol–water partition coefficient (Wildman–Crippen LogP) is 1.03. The number of nitrogen functional groups attached to an aromatic ring is 1. The van der Waals surface area contributed by atoms with E-state index in [-0.39, 0.29) is 6.61 Å². The van der Waals surface area contributed by atoms with Crippen LogP contribution in [0.4, 0.5) is 5.69 Å². The molecule has 0 saturated carbocycles. The molecule has 1 fully saturated rings. The summed E-state index contributed by atoms with van der Waals surface area (Å²) in [5, 5.41) is 10.2. The Kier molecular flexibility index (Phi) is 5.85. The fourth-order valence-electron chi connectivity index (χ4n) is 2.81. The van der Waals surface area contributed by atoms with Gasteiger partial charge in [0.1, 0.15) is 18.5 Å². The topological polar surface area (TPSA) is 62.0 Å². The van der Waals surface area contributed by atoms with Crippen LogP contribution in [0.3, 0.4) is 0 Å².